The topological polar surface area (TPSA) is 55.8 Å². The highest BCUT2D eigenvalue weighted by Crippen LogP contribution is 2.26. The zero-order valence-electron chi connectivity index (χ0n) is 25.4. The first-order valence-corrected chi connectivity index (χ1v) is 16.2. The van der Waals surface area contributed by atoms with Crippen molar-refractivity contribution in [1.29, 1.82) is 0 Å². The van der Waals surface area contributed by atoms with Crippen molar-refractivity contribution < 1.29 is 19.4 Å². The van der Waals surface area contributed by atoms with Crippen LogP contribution in [-0.4, -0.2) is 23.3 Å². The molecule has 0 heterocycles. The molecule has 1 N–H and O–H groups in total. The predicted molar refractivity (Wildman–Crippen MR) is 166 cm³/mol. The van der Waals surface area contributed by atoms with E-state index in [1.165, 1.54) is 44.9 Å². The second-order valence-electron chi connectivity index (χ2n) is 11.4. The van der Waals surface area contributed by atoms with Crippen molar-refractivity contribution in [2.24, 2.45) is 5.92 Å². The van der Waals surface area contributed by atoms with Gasteiger partial charge in [-0.25, -0.2) is 0 Å². The molecule has 0 amide bonds. The highest BCUT2D eigenvalue weighted by Gasteiger charge is 2.32. The normalized spacial score (nSPS) is 13.6. The third-order valence-corrected chi connectivity index (χ3v) is 7.80. The van der Waals surface area contributed by atoms with E-state index in [9.17, 15) is 9.90 Å². The van der Waals surface area contributed by atoms with Gasteiger partial charge in [0, 0.05) is 6.42 Å². The first kappa shape index (κ1) is 34.0. The summed E-state index contributed by atoms with van der Waals surface area (Å²) in [5.74, 6) is -0.601. The number of aliphatic hydroxyl groups is 1. The average molecular weight is 553 g/mol. The van der Waals surface area contributed by atoms with Crippen LogP contribution in [0.4, 0.5) is 0 Å². The van der Waals surface area contributed by atoms with E-state index < -0.39 is 6.10 Å². The Morgan fingerprint density at radius 3 is 1.70 bits per heavy atom. The molecule has 0 bridgehead atoms. The number of aliphatic hydroxyl groups excluding tert-OH is 1. The van der Waals surface area contributed by atoms with E-state index >= 15 is 0 Å². The third-order valence-electron chi connectivity index (χ3n) is 7.80. The highest BCUT2D eigenvalue weighted by molar-refractivity contribution is 5.73. The van der Waals surface area contributed by atoms with Crippen molar-refractivity contribution in [3.63, 3.8) is 0 Å². The van der Waals surface area contributed by atoms with Gasteiger partial charge in [0.15, 0.2) is 0 Å². The standard InChI is InChI=1S/C36H56O4/c1-3-5-7-9-10-11-12-13-20-26-33(37)28-35(39-29-31-22-16-14-17-23-31)34(27-21-8-6-4-2)36(38)40-30-32-24-18-15-19-25-32/h14-19,22-25,33-35,37H,3-13,20-21,26-30H2,1-2H3. The van der Waals surface area contributed by atoms with Crippen LogP contribution in [0.15, 0.2) is 60.7 Å². The summed E-state index contributed by atoms with van der Waals surface area (Å²) in [5, 5.41) is 11.0. The van der Waals surface area contributed by atoms with Gasteiger partial charge in [-0.3, -0.25) is 4.79 Å². The van der Waals surface area contributed by atoms with Crippen molar-refractivity contribution in [3.05, 3.63) is 71.8 Å². The summed E-state index contributed by atoms with van der Waals surface area (Å²) in [7, 11) is 0. The van der Waals surface area contributed by atoms with E-state index in [-0.39, 0.29) is 24.6 Å². The molecular weight excluding hydrogens is 496 g/mol. The zero-order valence-corrected chi connectivity index (χ0v) is 25.4. The van der Waals surface area contributed by atoms with E-state index in [1.807, 2.05) is 60.7 Å². The summed E-state index contributed by atoms with van der Waals surface area (Å²) in [4.78, 5) is 13.5. The van der Waals surface area contributed by atoms with Gasteiger partial charge in [-0.1, -0.05) is 158 Å². The molecule has 3 atom stereocenters. The maximum absolute atomic E-state index is 13.5. The molecule has 224 valence electrons. The van der Waals surface area contributed by atoms with Crippen LogP contribution in [0.25, 0.3) is 0 Å². The van der Waals surface area contributed by atoms with Crippen molar-refractivity contribution in [1.82, 2.24) is 0 Å². The average Bonchev–Trinajstić information content (AvgIpc) is 2.98. The lowest BCUT2D eigenvalue weighted by Gasteiger charge is -2.28. The number of carbonyl (C=O) groups excluding carboxylic acids is 1. The Kier molecular flexibility index (Phi) is 19.2. The Morgan fingerprint density at radius 1 is 0.650 bits per heavy atom. The van der Waals surface area contributed by atoms with Gasteiger partial charge < -0.3 is 14.6 Å². The number of hydrogen-bond acceptors (Lipinski definition) is 4. The Hall–Kier alpha value is -2.17. The summed E-state index contributed by atoms with van der Waals surface area (Å²) in [6, 6.07) is 19.9. The maximum Gasteiger partial charge on any atom is 0.311 e. The van der Waals surface area contributed by atoms with E-state index in [0.29, 0.717) is 13.0 Å². The van der Waals surface area contributed by atoms with Gasteiger partial charge in [0.05, 0.1) is 24.7 Å². The van der Waals surface area contributed by atoms with Crippen molar-refractivity contribution in [2.75, 3.05) is 0 Å². The number of rotatable bonds is 24. The van der Waals surface area contributed by atoms with Gasteiger partial charge in [0.25, 0.3) is 0 Å². The molecule has 3 unspecified atom stereocenters. The minimum Gasteiger partial charge on any atom is -0.461 e. The van der Waals surface area contributed by atoms with Crippen LogP contribution in [0, 0.1) is 5.92 Å². The monoisotopic (exact) mass is 552 g/mol. The lowest BCUT2D eigenvalue weighted by molar-refractivity contribution is -0.158. The first-order valence-electron chi connectivity index (χ1n) is 16.2. The molecular formula is C36H56O4. The lowest BCUT2D eigenvalue weighted by atomic mass is 9.90. The maximum atomic E-state index is 13.5. The summed E-state index contributed by atoms with van der Waals surface area (Å²) in [6.45, 7) is 5.14. The van der Waals surface area contributed by atoms with E-state index in [1.54, 1.807) is 0 Å². The second kappa shape index (κ2) is 22.5. The molecule has 0 aliphatic carbocycles. The van der Waals surface area contributed by atoms with Crippen molar-refractivity contribution in [2.45, 2.75) is 142 Å². The van der Waals surface area contributed by atoms with Crippen molar-refractivity contribution >= 4 is 5.97 Å². The smallest absolute Gasteiger partial charge is 0.311 e. The number of hydrogen-bond donors (Lipinski definition) is 1. The predicted octanol–water partition coefficient (Wildman–Crippen LogP) is 9.57. The molecule has 0 radical (unpaired) electrons. The van der Waals surface area contributed by atoms with Crippen LogP contribution in [0.5, 0.6) is 0 Å². The fourth-order valence-corrected chi connectivity index (χ4v) is 5.28. The summed E-state index contributed by atoms with van der Waals surface area (Å²) in [6.07, 6.45) is 16.8. The minimum atomic E-state index is -0.481. The molecule has 0 saturated carbocycles. The number of esters is 1. The van der Waals surface area contributed by atoms with Gasteiger partial charge in [0.2, 0.25) is 0 Å². The quantitative estimate of drug-likeness (QED) is 0.104. The summed E-state index contributed by atoms with van der Waals surface area (Å²) in [5.41, 5.74) is 2.05. The van der Waals surface area contributed by atoms with Gasteiger partial charge in [0.1, 0.15) is 6.61 Å². The highest BCUT2D eigenvalue weighted by atomic mass is 16.5. The molecule has 4 heteroatoms. The number of benzene rings is 2. The molecule has 0 fully saturated rings. The molecule has 2 rings (SSSR count). The van der Waals surface area contributed by atoms with E-state index in [4.69, 9.17) is 9.47 Å². The van der Waals surface area contributed by atoms with Gasteiger partial charge >= 0.3 is 5.97 Å². The summed E-state index contributed by atoms with van der Waals surface area (Å²) < 4.78 is 12.2. The van der Waals surface area contributed by atoms with Crippen LogP contribution in [0.2, 0.25) is 0 Å². The molecule has 0 saturated heterocycles. The molecule has 4 nitrogen and oxygen atoms in total. The van der Waals surface area contributed by atoms with E-state index in [2.05, 4.69) is 13.8 Å². The number of unbranched alkanes of at least 4 members (excludes halogenated alkanes) is 11. The zero-order chi connectivity index (χ0) is 28.7. The molecule has 2 aromatic rings. The lowest BCUT2D eigenvalue weighted by Crippen LogP contribution is -2.35. The molecule has 2 aromatic carbocycles. The van der Waals surface area contributed by atoms with Crippen LogP contribution < -0.4 is 0 Å². The van der Waals surface area contributed by atoms with E-state index in [0.717, 1.165) is 62.5 Å². The fraction of sp³-hybridized carbons (Fsp3) is 0.639. The van der Waals surface area contributed by atoms with Crippen LogP contribution in [0.3, 0.4) is 0 Å². The third kappa shape index (κ3) is 15.6. The minimum absolute atomic E-state index is 0.214. The number of carbonyl (C=O) groups is 1. The van der Waals surface area contributed by atoms with Gasteiger partial charge in [-0.05, 0) is 24.0 Å². The van der Waals surface area contributed by atoms with Crippen molar-refractivity contribution in [3.8, 4) is 0 Å². The number of ether oxygens (including phenoxy) is 2. The SMILES string of the molecule is CCCCCCCCCCCC(O)CC(OCc1ccccc1)C(CCCCCC)C(=O)OCc1ccccc1. The Balaban J connectivity index is 1.97. The van der Waals surface area contributed by atoms with Gasteiger partial charge in [-0.2, -0.15) is 0 Å². The fourth-order valence-electron chi connectivity index (χ4n) is 5.28. The molecule has 0 aromatic heterocycles. The second-order valence-corrected chi connectivity index (χ2v) is 11.4. The Morgan fingerprint density at radius 2 is 1.12 bits per heavy atom. The molecule has 0 aliphatic heterocycles. The first-order chi connectivity index (χ1) is 19.6. The largest absolute Gasteiger partial charge is 0.461 e. The summed E-state index contributed by atoms with van der Waals surface area (Å²) >= 11 is 0. The molecule has 0 aliphatic rings. The van der Waals surface area contributed by atoms with Crippen LogP contribution in [0.1, 0.15) is 128 Å². The van der Waals surface area contributed by atoms with Crippen LogP contribution in [-0.2, 0) is 27.5 Å². The molecule has 0 spiro atoms. The van der Waals surface area contributed by atoms with Crippen LogP contribution >= 0.6 is 0 Å². The van der Waals surface area contributed by atoms with Gasteiger partial charge in [-0.15, -0.1) is 0 Å². The Labute approximate surface area is 244 Å². The molecule has 40 heavy (non-hydrogen) atoms. The Bertz CT molecular complexity index is 854.